The number of benzene rings is 3. The van der Waals surface area contributed by atoms with Crippen molar-refractivity contribution in [3.05, 3.63) is 116 Å². The number of methoxy groups -OCH3 is 1. The van der Waals surface area contributed by atoms with E-state index in [0.29, 0.717) is 39.0 Å². The number of carbonyl (C=O) groups is 4. The van der Waals surface area contributed by atoms with Gasteiger partial charge in [0.15, 0.2) is 17.3 Å². The first-order valence-corrected chi connectivity index (χ1v) is 18.9. The molecule has 3 fully saturated rings. The smallest absolute Gasteiger partial charge is 0.488 e. The molecule has 19 heteroatoms. The van der Waals surface area contributed by atoms with E-state index in [1.165, 1.54) is 55.6 Å². The van der Waals surface area contributed by atoms with Crippen LogP contribution in [0.4, 0.5) is 24.7 Å². The van der Waals surface area contributed by atoms with Crippen molar-refractivity contribution in [1.29, 1.82) is 0 Å². The number of halogens is 6. The van der Waals surface area contributed by atoms with Gasteiger partial charge in [0.1, 0.15) is 0 Å². The van der Waals surface area contributed by atoms with E-state index in [1.807, 2.05) is 0 Å². The Morgan fingerprint density at radius 1 is 0.931 bits per heavy atom. The fourth-order valence-electron chi connectivity index (χ4n) is 9.15. The lowest BCUT2D eigenvalue weighted by atomic mass is 9.49. The number of hydrogen-bond donors (Lipinski definition) is 4. The predicted molar refractivity (Wildman–Crippen MR) is 205 cm³/mol. The summed E-state index contributed by atoms with van der Waals surface area (Å²) in [5, 5.41) is 30.7. The number of hydrogen-bond acceptors (Lipinski definition) is 10. The quantitative estimate of drug-likeness (QED) is 0.104. The maximum absolute atomic E-state index is 15.4. The molecule has 58 heavy (non-hydrogen) atoms. The van der Waals surface area contributed by atoms with Gasteiger partial charge in [-0.1, -0.05) is 70.7 Å². The van der Waals surface area contributed by atoms with Gasteiger partial charge < -0.3 is 19.9 Å². The lowest BCUT2D eigenvalue weighted by Crippen LogP contribution is -2.53. The van der Waals surface area contributed by atoms with Gasteiger partial charge in [-0.3, -0.25) is 29.5 Å². The molecule has 3 heterocycles. The first-order chi connectivity index (χ1) is 27.5. The third-order valence-corrected chi connectivity index (χ3v) is 12.4. The number of ether oxygens (including phenoxy) is 1. The average Bonchev–Trinajstić information content (AvgIpc) is 3.57. The lowest BCUT2D eigenvalue weighted by molar-refractivity contribution is -0.139. The van der Waals surface area contributed by atoms with Crippen molar-refractivity contribution in [1.82, 2.24) is 9.99 Å². The first-order valence-electron chi connectivity index (χ1n) is 17.7. The molecular weight excluding hydrogens is 827 g/mol. The van der Waals surface area contributed by atoms with Crippen LogP contribution >= 0.6 is 34.8 Å². The standard InChI is InChI=1S/C39H29BCl3F3N4O8/c1-58-29-12-17(11-27(42)32(29)51)31-23-9-10-24-30(36(54)49(34(24)52)22-4-2-3-20(14-22)40(56)57)25(23)15-26-35(53)50(37(55)38(26,31)18-5-7-21(41)8-6-18)48-33-28(43)13-19(16-47-33)39(44,45)46/h2-9,11-14,16,24-26,30-31,51,56-57H,10,15H2,1H3,(H,47,48)/t24-,25+,26-,30-,31-,38+/m0/s1. The molecule has 298 valence electrons. The molecule has 12 nitrogen and oxygen atoms in total. The molecule has 4 aliphatic rings. The number of hydrazine groups is 1. The van der Waals surface area contributed by atoms with Crippen LogP contribution in [-0.2, 0) is 30.8 Å². The van der Waals surface area contributed by atoms with Gasteiger partial charge in [0.2, 0.25) is 11.8 Å². The Morgan fingerprint density at radius 3 is 2.31 bits per heavy atom. The Morgan fingerprint density at radius 2 is 1.66 bits per heavy atom. The van der Waals surface area contributed by atoms with Gasteiger partial charge >= 0.3 is 13.3 Å². The van der Waals surface area contributed by atoms with Gasteiger partial charge in [0, 0.05) is 17.1 Å². The third-order valence-electron chi connectivity index (χ3n) is 11.6. The zero-order valence-electron chi connectivity index (χ0n) is 29.9. The lowest BCUT2D eigenvalue weighted by Gasteiger charge is -2.50. The minimum atomic E-state index is -4.79. The number of phenolic OH excluding ortho intramolecular Hbond substituents is 1. The highest BCUT2D eigenvalue weighted by atomic mass is 35.5. The summed E-state index contributed by atoms with van der Waals surface area (Å²) in [6, 6.07) is 15.3. The first kappa shape index (κ1) is 39.7. The number of nitrogens with one attached hydrogen (secondary N) is 1. The van der Waals surface area contributed by atoms with Gasteiger partial charge in [-0.05, 0) is 77.8 Å². The van der Waals surface area contributed by atoms with Gasteiger partial charge in [0.25, 0.3) is 11.8 Å². The van der Waals surface area contributed by atoms with Crippen molar-refractivity contribution in [3.8, 4) is 11.5 Å². The van der Waals surface area contributed by atoms with Gasteiger partial charge in [-0.2, -0.15) is 18.2 Å². The second-order valence-electron chi connectivity index (χ2n) is 14.5. The van der Waals surface area contributed by atoms with Crippen LogP contribution in [-0.4, -0.2) is 63.0 Å². The molecule has 0 radical (unpaired) electrons. The van der Waals surface area contributed by atoms with E-state index in [9.17, 15) is 42.7 Å². The summed E-state index contributed by atoms with van der Waals surface area (Å²) in [5.74, 6) is -9.00. The zero-order chi connectivity index (χ0) is 41.6. The number of nitrogens with zero attached hydrogens (tertiary/aromatic N) is 3. The van der Waals surface area contributed by atoms with E-state index in [-0.39, 0.29) is 34.8 Å². The topological polar surface area (TPSA) is 170 Å². The number of carbonyl (C=O) groups excluding carboxylic acids is 4. The molecule has 4 aromatic rings. The van der Waals surface area contributed by atoms with Crippen molar-refractivity contribution >= 4 is 82.5 Å². The molecule has 8 rings (SSSR count). The molecule has 0 unspecified atom stereocenters. The van der Waals surface area contributed by atoms with Crippen LogP contribution in [0.1, 0.15) is 35.4 Å². The van der Waals surface area contributed by atoms with Crippen molar-refractivity contribution in [2.75, 3.05) is 17.4 Å². The van der Waals surface area contributed by atoms with Crippen molar-refractivity contribution in [3.63, 3.8) is 0 Å². The van der Waals surface area contributed by atoms with E-state index in [0.717, 1.165) is 4.90 Å². The van der Waals surface area contributed by atoms with Gasteiger partial charge in [0.05, 0.1) is 51.6 Å². The molecule has 6 atom stereocenters. The van der Waals surface area contributed by atoms with Crippen LogP contribution in [0.25, 0.3) is 0 Å². The predicted octanol–water partition coefficient (Wildman–Crippen LogP) is 5.64. The fourth-order valence-corrected chi connectivity index (χ4v) is 9.71. The molecule has 1 aromatic heterocycles. The summed E-state index contributed by atoms with van der Waals surface area (Å²) in [4.78, 5) is 63.8. The number of rotatable bonds is 7. The highest BCUT2D eigenvalue weighted by Gasteiger charge is 2.70. The number of allylic oxidation sites excluding steroid dienone is 2. The molecule has 3 aromatic carbocycles. The summed E-state index contributed by atoms with van der Waals surface area (Å²) < 4.78 is 46.0. The number of aromatic hydroxyl groups is 1. The van der Waals surface area contributed by atoms with Crippen LogP contribution in [0.2, 0.25) is 15.1 Å². The Labute approximate surface area is 342 Å². The van der Waals surface area contributed by atoms with Crippen molar-refractivity contribution < 1.29 is 52.2 Å². The molecule has 4 amide bonds. The Hall–Kier alpha value is -5.13. The van der Waals surface area contributed by atoms with Crippen molar-refractivity contribution in [2.45, 2.75) is 30.4 Å². The maximum atomic E-state index is 15.4. The fraction of sp³-hybridized carbons (Fsp3) is 0.256. The van der Waals surface area contributed by atoms with Crippen molar-refractivity contribution in [2.24, 2.45) is 23.7 Å². The molecule has 2 saturated heterocycles. The number of anilines is 2. The van der Waals surface area contributed by atoms with Crippen LogP contribution in [0.5, 0.6) is 11.5 Å². The zero-order valence-corrected chi connectivity index (χ0v) is 32.1. The second kappa shape index (κ2) is 14.3. The number of aromatic nitrogens is 1. The normalized spacial score (nSPS) is 25.3. The van der Waals surface area contributed by atoms with E-state index in [2.05, 4.69) is 10.4 Å². The van der Waals surface area contributed by atoms with E-state index < -0.39 is 94.1 Å². The minimum absolute atomic E-state index is 0.0376. The SMILES string of the molecule is COc1cc([C@H]2C3=CC[C@@H]4C(=O)N(c5cccc(B(O)O)c5)C(=O)[C@@H]4[C@@H]3C[C@H]3C(=O)N(Nc4ncc(C(F)(F)F)cc4Cl)C(=O)[C@@]23c2ccc(Cl)cc2)cc(Cl)c1O. The van der Waals surface area contributed by atoms with Crippen LogP contribution in [0.3, 0.4) is 0 Å². The highest BCUT2D eigenvalue weighted by molar-refractivity contribution is 6.58. The molecule has 0 spiro atoms. The summed E-state index contributed by atoms with van der Waals surface area (Å²) in [6.45, 7) is 0. The average molecular weight is 856 g/mol. The van der Waals surface area contributed by atoms with Crippen LogP contribution in [0.15, 0.2) is 84.6 Å². The van der Waals surface area contributed by atoms with Crippen LogP contribution < -0.4 is 20.5 Å². The Balaban J connectivity index is 1.32. The Kier molecular flexibility index (Phi) is 9.79. The van der Waals surface area contributed by atoms with E-state index in [1.54, 1.807) is 18.2 Å². The molecule has 4 N–H and O–H groups in total. The molecule has 2 aliphatic carbocycles. The number of fused-ring (bicyclic) bond motifs is 4. The maximum Gasteiger partial charge on any atom is 0.488 e. The highest BCUT2D eigenvalue weighted by Crippen LogP contribution is 2.65. The van der Waals surface area contributed by atoms with Gasteiger partial charge in [-0.25, -0.2) is 4.98 Å². The Bertz CT molecular complexity index is 2460. The molecule has 1 saturated carbocycles. The van der Waals surface area contributed by atoms with Crippen LogP contribution in [0, 0.1) is 23.7 Å². The summed E-state index contributed by atoms with van der Waals surface area (Å²) in [7, 11) is -0.590. The second-order valence-corrected chi connectivity index (χ2v) is 15.7. The number of alkyl halides is 3. The summed E-state index contributed by atoms with van der Waals surface area (Å²) >= 11 is 19.2. The van der Waals surface area contributed by atoms with E-state index in [4.69, 9.17) is 39.5 Å². The summed E-state index contributed by atoms with van der Waals surface area (Å²) in [6.07, 6.45) is -2.65. The monoisotopic (exact) mass is 854 g/mol. The minimum Gasteiger partial charge on any atom is -0.503 e. The molecular formula is C39H29BCl3F3N4O8. The van der Waals surface area contributed by atoms with E-state index >= 15 is 4.79 Å². The molecule has 2 aliphatic heterocycles. The summed E-state index contributed by atoms with van der Waals surface area (Å²) in [5.41, 5.74) is 0.790. The largest absolute Gasteiger partial charge is 0.503 e. The number of phenols is 1. The van der Waals surface area contributed by atoms with Gasteiger partial charge in [-0.15, -0.1) is 0 Å². The number of pyridine rings is 1. The third kappa shape index (κ3) is 6.03. The molecule has 0 bridgehead atoms. The number of imide groups is 2. The number of amides is 4.